The zero-order valence-corrected chi connectivity index (χ0v) is 18.8. The topological polar surface area (TPSA) is 87.7 Å². The van der Waals surface area contributed by atoms with Crippen LogP contribution in [0.3, 0.4) is 0 Å². The molecule has 9 heteroatoms. The van der Waals surface area contributed by atoms with Gasteiger partial charge in [-0.05, 0) is 29.7 Å². The van der Waals surface area contributed by atoms with Crippen LogP contribution in [-0.2, 0) is 22.9 Å². The van der Waals surface area contributed by atoms with Crippen LogP contribution in [0, 0.1) is 0 Å². The molecule has 0 aliphatic carbocycles. The second-order valence-corrected chi connectivity index (χ2v) is 10.1. The summed E-state index contributed by atoms with van der Waals surface area (Å²) in [7, 11) is -1.93. The normalized spacial score (nSPS) is 17.4. The van der Waals surface area contributed by atoms with Crippen molar-refractivity contribution >= 4 is 21.5 Å². The maximum atomic E-state index is 12.4. The fraction of sp³-hybridized carbons (Fsp3) is 0.304. The van der Waals surface area contributed by atoms with Crippen LogP contribution < -0.4 is 20.1 Å². The van der Waals surface area contributed by atoms with Gasteiger partial charge in [0.2, 0.25) is 9.84 Å². The number of aromatic nitrogens is 2. The molecule has 0 amide bonds. The summed E-state index contributed by atoms with van der Waals surface area (Å²) in [6, 6.07) is 18.0. The van der Waals surface area contributed by atoms with Crippen LogP contribution >= 0.6 is 0 Å². The third kappa shape index (κ3) is 3.89. The van der Waals surface area contributed by atoms with Crippen LogP contribution in [-0.4, -0.2) is 38.3 Å². The van der Waals surface area contributed by atoms with Gasteiger partial charge in [0.1, 0.15) is 11.6 Å². The number of sulfone groups is 1. The average molecular weight is 452 g/mol. The molecule has 2 aromatic carbocycles. The highest BCUT2D eigenvalue weighted by Gasteiger charge is 2.39. The lowest BCUT2D eigenvalue weighted by Crippen LogP contribution is -2.37. The van der Waals surface area contributed by atoms with E-state index in [0.717, 1.165) is 41.7 Å². The van der Waals surface area contributed by atoms with Gasteiger partial charge in [0.25, 0.3) is 5.16 Å². The van der Waals surface area contributed by atoms with Crippen molar-refractivity contribution in [2.75, 3.05) is 29.8 Å². The monoisotopic (exact) mass is 451 g/mol. The first-order chi connectivity index (χ1) is 15.4. The predicted octanol–water partition coefficient (Wildman–Crippen LogP) is 2.86. The van der Waals surface area contributed by atoms with E-state index in [4.69, 9.17) is 4.74 Å². The van der Waals surface area contributed by atoms with Crippen molar-refractivity contribution in [3.63, 3.8) is 0 Å². The SMILES string of the molecule is COc1ccc(CN2CCC3NN(Cc4ccccc4)c4nc(S(C)(=O)=O)nc2c43)cc1. The van der Waals surface area contributed by atoms with Gasteiger partial charge < -0.3 is 9.64 Å². The van der Waals surface area contributed by atoms with Crippen molar-refractivity contribution in [3.05, 3.63) is 71.3 Å². The zero-order valence-electron chi connectivity index (χ0n) is 18.0. The first-order valence-corrected chi connectivity index (χ1v) is 12.4. The zero-order chi connectivity index (χ0) is 22.3. The highest BCUT2D eigenvalue weighted by Crippen LogP contribution is 2.43. The minimum absolute atomic E-state index is 0.0597. The molecule has 0 saturated carbocycles. The third-order valence-corrected chi connectivity index (χ3v) is 6.68. The number of hydrogen-bond donors (Lipinski definition) is 1. The fourth-order valence-corrected chi connectivity index (χ4v) is 4.76. The Labute approximate surface area is 187 Å². The maximum Gasteiger partial charge on any atom is 0.250 e. The summed E-state index contributed by atoms with van der Waals surface area (Å²) in [6.45, 7) is 1.97. The van der Waals surface area contributed by atoms with Crippen LogP contribution in [0.2, 0.25) is 0 Å². The molecule has 2 aliphatic heterocycles. The van der Waals surface area contributed by atoms with E-state index < -0.39 is 9.84 Å². The van der Waals surface area contributed by atoms with E-state index in [1.807, 2.05) is 59.6 Å². The number of methoxy groups -OCH3 is 1. The van der Waals surface area contributed by atoms with Crippen LogP contribution in [0.25, 0.3) is 0 Å². The van der Waals surface area contributed by atoms with Gasteiger partial charge >= 0.3 is 0 Å². The summed E-state index contributed by atoms with van der Waals surface area (Å²) in [4.78, 5) is 11.1. The first kappa shape index (κ1) is 20.7. The quantitative estimate of drug-likeness (QED) is 0.573. The van der Waals surface area contributed by atoms with Crippen LogP contribution in [0.5, 0.6) is 5.75 Å². The van der Waals surface area contributed by atoms with E-state index in [-0.39, 0.29) is 11.2 Å². The molecule has 0 radical (unpaired) electrons. The summed E-state index contributed by atoms with van der Waals surface area (Å²) >= 11 is 0. The van der Waals surface area contributed by atoms with Crippen molar-refractivity contribution < 1.29 is 13.2 Å². The minimum atomic E-state index is -3.57. The minimum Gasteiger partial charge on any atom is -0.497 e. The van der Waals surface area contributed by atoms with Gasteiger partial charge in [0, 0.05) is 19.3 Å². The standard InChI is InChI=1S/C23H25N5O3S/c1-31-18-10-8-17(9-11-18)14-27-13-12-19-20-21(27)24-23(32(2,29)30)25-22(20)28(26-19)15-16-6-4-3-5-7-16/h3-11,19,26H,12-15H2,1-2H3. The van der Waals surface area contributed by atoms with E-state index in [1.54, 1.807) is 7.11 Å². The molecule has 3 heterocycles. The molecule has 1 aromatic heterocycles. The Hall–Kier alpha value is -3.17. The van der Waals surface area contributed by atoms with E-state index in [0.29, 0.717) is 24.7 Å². The summed E-state index contributed by atoms with van der Waals surface area (Å²) in [5, 5.41) is 1.81. The molecule has 5 rings (SSSR count). The summed E-state index contributed by atoms with van der Waals surface area (Å²) in [5.41, 5.74) is 6.70. The van der Waals surface area contributed by atoms with Crippen molar-refractivity contribution in [1.29, 1.82) is 0 Å². The Kier molecular flexibility index (Phi) is 5.22. The predicted molar refractivity (Wildman–Crippen MR) is 122 cm³/mol. The van der Waals surface area contributed by atoms with Gasteiger partial charge in [-0.3, -0.25) is 5.01 Å². The highest BCUT2D eigenvalue weighted by atomic mass is 32.2. The number of rotatable bonds is 6. The number of nitrogens with one attached hydrogen (secondary N) is 1. The number of ether oxygens (including phenoxy) is 1. The van der Waals surface area contributed by atoms with E-state index in [1.165, 1.54) is 0 Å². The van der Waals surface area contributed by atoms with Gasteiger partial charge in [-0.25, -0.2) is 18.8 Å². The second-order valence-electron chi connectivity index (χ2n) is 8.15. The molecular formula is C23H25N5O3S. The van der Waals surface area contributed by atoms with E-state index in [9.17, 15) is 8.42 Å². The smallest absolute Gasteiger partial charge is 0.250 e. The molecule has 3 aromatic rings. The van der Waals surface area contributed by atoms with Crippen LogP contribution in [0.1, 0.15) is 29.2 Å². The molecule has 32 heavy (non-hydrogen) atoms. The van der Waals surface area contributed by atoms with Crippen molar-refractivity contribution in [2.24, 2.45) is 0 Å². The molecular weight excluding hydrogens is 426 g/mol. The van der Waals surface area contributed by atoms with E-state index in [2.05, 4.69) is 20.3 Å². The van der Waals surface area contributed by atoms with Crippen LogP contribution in [0.15, 0.2) is 59.8 Å². The number of anilines is 2. The van der Waals surface area contributed by atoms with Crippen molar-refractivity contribution in [1.82, 2.24) is 15.4 Å². The Bertz CT molecular complexity index is 1230. The Morgan fingerprint density at radius 3 is 2.38 bits per heavy atom. The van der Waals surface area contributed by atoms with Crippen LogP contribution in [0.4, 0.5) is 11.6 Å². The molecule has 0 spiro atoms. The number of hydrazine groups is 1. The Balaban J connectivity index is 1.54. The van der Waals surface area contributed by atoms with Gasteiger partial charge in [-0.1, -0.05) is 42.5 Å². The molecule has 1 atom stereocenters. The van der Waals surface area contributed by atoms with Crippen molar-refractivity contribution in [3.8, 4) is 5.75 Å². The third-order valence-electron chi connectivity index (χ3n) is 5.84. The molecule has 0 saturated heterocycles. The molecule has 8 nitrogen and oxygen atoms in total. The summed E-state index contributed by atoms with van der Waals surface area (Å²) < 4.78 is 30.1. The fourth-order valence-electron chi connectivity index (χ4n) is 4.26. The lowest BCUT2D eigenvalue weighted by molar-refractivity contribution is 0.414. The lowest BCUT2D eigenvalue weighted by atomic mass is 10.0. The molecule has 0 bridgehead atoms. The molecule has 1 N–H and O–H groups in total. The number of hydrogen-bond acceptors (Lipinski definition) is 8. The van der Waals surface area contributed by atoms with Gasteiger partial charge in [0.05, 0.1) is 25.3 Å². The van der Waals surface area contributed by atoms with Gasteiger partial charge in [-0.2, -0.15) is 4.98 Å². The Morgan fingerprint density at radius 1 is 1.00 bits per heavy atom. The van der Waals surface area contributed by atoms with E-state index >= 15 is 0 Å². The lowest BCUT2D eigenvalue weighted by Gasteiger charge is -2.32. The number of nitrogens with zero attached hydrogens (tertiary/aromatic N) is 4. The number of benzene rings is 2. The summed E-state index contributed by atoms with van der Waals surface area (Å²) in [6.07, 6.45) is 2.03. The van der Waals surface area contributed by atoms with Crippen molar-refractivity contribution in [2.45, 2.75) is 30.7 Å². The van der Waals surface area contributed by atoms with Gasteiger partial charge in [-0.15, -0.1) is 0 Å². The maximum absolute atomic E-state index is 12.4. The Morgan fingerprint density at radius 2 is 1.69 bits per heavy atom. The molecule has 0 fully saturated rings. The largest absolute Gasteiger partial charge is 0.497 e. The van der Waals surface area contributed by atoms with Gasteiger partial charge in [0.15, 0.2) is 5.82 Å². The molecule has 1 unspecified atom stereocenters. The molecule has 166 valence electrons. The highest BCUT2D eigenvalue weighted by molar-refractivity contribution is 7.90. The first-order valence-electron chi connectivity index (χ1n) is 10.5. The summed E-state index contributed by atoms with van der Waals surface area (Å²) in [5.74, 6) is 2.13. The second kappa shape index (κ2) is 8.07. The molecule has 2 aliphatic rings. The average Bonchev–Trinajstić information content (AvgIpc) is 3.14.